The lowest BCUT2D eigenvalue weighted by Crippen LogP contribution is -2.40. The second-order valence-corrected chi connectivity index (χ2v) is 9.57. The number of aromatic nitrogens is 1. The highest BCUT2D eigenvalue weighted by molar-refractivity contribution is 7.13. The van der Waals surface area contributed by atoms with E-state index in [1.165, 1.54) is 16.2 Å². The molecule has 1 N–H and O–H groups in total. The molecule has 0 aliphatic carbocycles. The van der Waals surface area contributed by atoms with Gasteiger partial charge in [-0.3, -0.25) is 14.4 Å². The van der Waals surface area contributed by atoms with Gasteiger partial charge in [0.2, 0.25) is 11.8 Å². The van der Waals surface area contributed by atoms with Gasteiger partial charge in [0, 0.05) is 25.0 Å². The lowest BCUT2D eigenvalue weighted by atomic mass is 10.1. The smallest absolute Gasteiger partial charge is 0.255 e. The number of nitrogens with zero attached hydrogens (tertiary/aromatic N) is 3. The maximum Gasteiger partial charge on any atom is 0.255 e. The predicted octanol–water partition coefficient (Wildman–Crippen LogP) is 4.72. The second kappa shape index (κ2) is 13.3. The van der Waals surface area contributed by atoms with Crippen LogP contribution >= 0.6 is 22.9 Å². The number of hydrogen-bond donors (Lipinski definition) is 1. The molecule has 2 rings (SSSR count). The van der Waals surface area contributed by atoms with E-state index in [1.54, 1.807) is 29.6 Å². The van der Waals surface area contributed by atoms with Gasteiger partial charge in [0.1, 0.15) is 6.54 Å². The molecule has 1 heterocycles. The first-order valence-corrected chi connectivity index (χ1v) is 12.6. The van der Waals surface area contributed by atoms with Crippen molar-refractivity contribution in [3.63, 3.8) is 0 Å². The van der Waals surface area contributed by atoms with Crippen molar-refractivity contribution in [2.45, 2.75) is 47.0 Å². The zero-order valence-electron chi connectivity index (χ0n) is 19.8. The minimum atomic E-state index is -0.345. The molecule has 0 aliphatic heterocycles. The van der Waals surface area contributed by atoms with E-state index in [9.17, 15) is 14.4 Å². The van der Waals surface area contributed by atoms with Crippen LogP contribution in [-0.2, 0) is 16.0 Å². The van der Waals surface area contributed by atoms with E-state index in [4.69, 9.17) is 11.6 Å². The van der Waals surface area contributed by atoms with Crippen LogP contribution in [0.4, 0.5) is 5.13 Å². The fourth-order valence-corrected chi connectivity index (χ4v) is 4.35. The summed E-state index contributed by atoms with van der Waals surface area (Å²) in [4.78, 5) is 46.0. The predicted molar refractivity (Wildman–Crippen MR) is 134 cm³/mol. The topological polar surface area (TPSA) is 82.6 Å². The van der Waals surface area contributed by atoms with Gasteiger partial charge in [-0.15, -0.1) is 11.3 Å². The molecule has 2 aromatic rings. The monoisotopic (exact) mass is 492 g/mol. The lowest BCUT2D eigenvalue weighted by Gasteiger charge is -2.24. The van der Waals surface area contributed by atoms with E-state index in [1.807, 2.05) is 32.6 Å². The van der Waals surface area contributed by atoms with E-state index >= 15 is 0 Å². The average Bonchev–Trinajstić information content (AvgIpc) is 3.19. The molecule has 0 fully saturated rings. The molecule has 33 heavy (non-hydrogen) atoms. The van der Waals surface area contributed by atoms with E-state index in [2.05, 4.69) is 10.3 Å². The van der Waals surface area contributed by atoms with E-state index in [0.29, 0.717) is 28.0 Å². The summed E-state index contributed by atoms with van der Waals surface area (Å²) in [6, 6.07) is 6.81. The number of carbonyl (C=O) groups excluding carboxylic acids is 3. The van der Waals surface area contributed by atoms with E-state index in [0.717, 1.165) is 25.9 Å². The van der Waals surface area contributed by atoms with Crippen molar-refractivity contribution in [2.24, 2.45) is 5.92 Å². The molecular weight excluding hydrogens is 460 g/mol. The number of anilines is 1. The Balaban J connectivity index is 2.02. The van der Waals surface area contributed by atoms with Crippen molar-refractivity contribution in [3.8, 4) is 0 Å². The molecule has 0 radical (unpaired) electrons. The maximum atomic E-state index is 13.0. The highest BCUT2D eigenvalue weighted by atomic mass is 35.5. The Labute approximate surface area is 205 Å². The van der Waals surface area contributed by atoms with Crippen molar-refractivity contribution in [3.05, 3.63) is 45.9 Å². The summed E-state index contributed by atoms with van der Waals surface area (Å²) in [6.45, 7) is 9.81. The fraction of sp³-hybridized carbons (Fsp3) is 0.500. The molecule has 0 unspecified atom stereocenters. The van der Waals surface area contributed by atoms with Crippen LogP contribution in [0.2, 0.25) is 5.02 Å². The standard InChI is InChI=1S/C24H33ClN4O3S/c1-5-11-28(12-6-2)22(31)13-18-16-33-24(26-18)27-21(30)15-29(14-17(3)4)23(32)19-9-7-8-10-20(19)25/h7-10,16-17H,5-6,11-15H2,1-4H3,(H,26,27,30). The Kier molecular flexibility index (Phi) is 10.8. The molecule has 9 heteroatoms. The van der Waals surface area contributed by atoms with Crippen LogP contribution in [0.5, 0.6) is 0 Å². The molecule has 1 aromatic heterocycles. The Bertz CT molecular complexity index is 941. The van der Waals surface area contributed by atoms with Crippen LogP contribution in [0.25, 0.3) is 0 Å². The molecule has 0 spiro atoms. The molecule has 180 valence electrons. The molecule has 0 atom stereocenters. The van der Waals surface area contributed by atoms with Gasteiger partial charge < -0.3 is 15.1 Å². The largest absolute Gasteiger partial charge is 0.342 e. The van der Waals surface area contributed by atoms with Gasteiger partial charge in [0.15, 0.2) is 5.13 Å². The molecule has 0 aliphatic rings. The average molecular weight is 493 g/mol. The van der Waals surface area contributed by atoms with Crippen molar-refractivity contribution >= 4 is 45.8 Å². The highest BCUT2D eigenvalue weighted by Crippen LogP contribution is 2.19. The highest BCUT2D eigenvalue weighted by Gasteiger charge is 2.22. The summed E-state index contributed by atoms with van der Waals surface area (Å²) in [7, 11) is 0. The first kappa shape index (κ1) is 26.8. The third-order valence-corrected chi connectivity index (χ3v) is 5.92. The number of nitrogens with one attached hydrogen (secondary N) is 1. The van der Waals surface area contributed by atoms with Crippen molar-refractivity contribution in [1.29, 1.82) is 0 Å². The van der Waals surface area contributed by atoms with Gasteiger partial charge in [-0.05, 0) is 30.9 Å². The molecule has 0 saturated heterocycles. The Hall–Kier alpha value is -2.45. The van der Waals surface area contributed by atoms with Crippen LogP contribution in [0, 0.1) is 5.92 Å². The van der Waals surface area contributed by atoms with Crippen molar-refractivity contribution in [2.75, 3.05) is 31.5 Å². The van der Waals surface area contributed by atoms with Gasteiger partial charge in [-0.1, -0.05) is 51.4 Å². The Morgan fingerprint density at radius 1 is 1.09 bits per heavy atom. The van der Waals surface area contributed by atoms with Crippen LogP contribution < -0.4 is 5.32 Å². The number of thiazole rings is 1. The van der Waals surface area contributed by atoms with E-state index in [-0.39, 0.29) is 36.6 Å². The van der Waals surface area contributed by atoms with Gasteiger partial charge in [-0.2, -0.15) is 0 Å². The van der Waals surface area contributed by atoms with Crippen LogP contribution in [-0.4, -0.2) is 58.7 Å². The lowest BCUT2D eigenvalue weighted by molar-refractivity contribution is -0.130. The summed E-state index contributed by atoms with van der Waals surface area (Å²) < 4.78 is 0. The first-order valence-electron chi connectivity index (χ1n) is 11.3. The van der Waals surface area contributed by atoms with Crippen LogP contribution in [0.15, 0.2) is 29.6 Å². The van der Waals surface area contributed by atoms with E-state index < -0.39 is 0 Å². The summed E-state index contributed by atoms with van der Waals surface area (Å²) in [5, 5.41) is 5.30. The number of benzene rings is 1. The SMILES string of the molecule is CCCN(CCC)C(=O)Cc1csc(NC(=O)CN(CC(C)C)C(=O)c2ccccc2Cl)n1. The number of carbonyl (C=O) groups is 3. The summed E-state index contributed by atoms with van der Waals surface area (Å²) >= 11 is 7.45. The summed E-state index contributed by atoms with van der Waals surface area (Å²) in [5.74, 6) is -0.421. The number of amides is 3. The third kappa shape index (κ3) is 8.44. The molecular formula is C24H33ClN4O3S. The quantitative estimate of drug-likeness (QED) is 0.464. The van der Waals surface area contributed by atoms with Gasteiger partial charge in [0.25, 0.3) is 5.91 Å². The Morgan fingerprint density at radius 3 is 2.36 bits per heavy atom. The molecule has 3 amide bonds. The number of rotatable bonds is 12. The van der Waals surface area contributed by atoms with Gasteiger partial charge in [0.05, 0.1) is 22.7 Å². The van der Waals surface area contributed by atoms with Crippen molar-refractivity contribution < 1.29 is 14.4 Å². The minimum Gasteiger partial charge on any atom is -0.342 e. The molecule has 0 saturated carbocycles. The molecule has 0 bridgehead atoms. The summed E-state index contributed by atoms with van der Waals surface area (Å²) in [6.07, 6.45) is 2.02. The Morgan fingerprint density at radius 2 is 1.76 bits per heavy atom. The van der Waals surface area contributed by atoms with Gasteiger partial charge >= 0.3 is 0 Å². The number of halogens is 1. The summed E-state index contributed by atoms with van der Waals surface area (Å²) in [5.41, 5.74) is 0.995. The van der Waals surface area contributed by atoms with Gasteiger partial charge in [-0.25, -0.2) is 4.98 Å². The first-order chi connectivity index (χ1) is 15.7. The molecule has 1 aromatic carbocycles. The van der Waals surface area contributed by atoms with Crippen molar-refractivity contribution in [1.82, 2.24) is 14.8 Å². The second-order valence-electron chi connectivity index (χ2n) is 8.31. The fourth-order valence-electron chi connectivity index (χ4n) is 3.41. The van der Waals surface area contributed by atoms with Crippen LogP contribution in [0.3, 0.4) is 0 Å². The zero-order chi connectivity index (χ0) is 24.4. The zero-order valence-corrected chi connectivity index (χ0v) is 21.3. The normalized spacial score (nSPS) is 10.8. The minimum absolute atomic E-state index is 0.0373. The molecule has 7 nitrogen and oxygen atoms in total. The maximum absolute atomic E-state index is 13.0. The number of hydrogen-bond acceptors (Lipinski definition) is 5. The third-order valence-electron chi connectivity index (χ3n) is 4.78. The van der Waals surface area contributed by atoms with Crippen LogP contribution in [0.1, 0.15) is 56.6 Å².